The minimum Gasteiger partial charge on any atom is -0.379 e. The lowest BCUT2D eigenvalue weighted by molar-refractivity contribution is -0.146. The fourth-order valence-corrected chi connectivity index (χ4v) is 8.99. The van der Waals surface area contributed by atoms with E-state index in [0.717, 1.165) is 43.2 Å². The lowest BCUT2D eigenvalue weighted by Gasteiger charge is -2.40. The number of nitrogens with one attached hydrogen (secondary N) is 3. The summed E-state index contributed by atoms with van der Waals surface area (Å²) >= 11 is 0. The minimum atomic E-state index is -0.931. The topological polar surface area (TPSA) is 200 Å². The maximum absolute atomic E-state index is 14.5. The first-order valence-electron chi connectivity index (χ1n) is 24.2. The third-order valence-corrected chi connectivity index (χ3v) is 13.0. The van der Waals surface area contributed by atoms with Gasteiger partial charge in [0.15, 0.2) is 5.96 Å². The molecule has 0 aliphatic carbocycles. The van der Waals surface area contributed by atoms with Crippen LogP contribution in [0, 0.1) is 17.8 Å². The number of methoxy groups -OCH3 is 2. The molecular weight excluding hydrogens is 867 g/mol. The van der Waals surface area contributed by atoms with Gasteiger partial charge in [0.1, 0.15) is 12.1 Å². The van der Waals surface area contributed by atoms with E-state index < -0.39 is 48.2 Å². The van der Waals surface area contributed by atoms with Crippen LogP contribution >= 0.6 is 0 Å². The lowest BCUT2D eigenvalue weighted by atomic mass is 9.89. The average Bonchev–Trinajstić information content (AvgIpc) is 3.80. The van der Waals surface area contributed by atoms with Gasteiger partial charge in [0, 0.05) is 81.1 Å². The van der Waals surface area contributed by atoms with E-state index in [9.17, 15) is 24.0 Å². The number of rotatable bonds is 27. The van der Waals surface area contributed by atoms with E-state index in [2.05, 4.69) is 34.6 Å². The first kappa shape index (κ1) is 57.2. The zero-order valence-corrected chi connectivity index (χ0v) is 43.0. The maximum atomic E-state index is 14.5. The van der Waals surface area contributed by atoms with Gasteiger partial charge in [-0.05, 0) is 60.8 Å². The summed E-state index contributed by atoms with van der Waals surface area (Å²) in [7, 11) is 12.5. The van der Waals surface area contributed by atoms with E-state index >= 15 is 0 Å². The Hall–Kier alpha value is -5.10. The van der Waals surface area contributed by atoms with Crippen LogP contribution in [0.15, 0.2) is 59.6 Å². The van der Waals surface area contributed by atoms with Gasteiger partial charge < -0.3 is 49.9 Å². The Kier molecular flexibility index (Phi) is 24.4. The maximum Gasteiger partial charge on any atom is 0.247 e. The van der Waals surface area contributed by atoms with Crippen LogP contribution < -0.4 is 21.8 Å². The van der Waals surface area contributed by atoms with Gasteiger partial charge in [0.25, 0.3) is 0 Å². The van der Waals surface area contributed by atoms with Crippen LogP contribution in [-0.2, 0) is 51.2 Å². The molecule has 68 heavy (non-hydrogen) atoms. The number of benzene rings is 2. The van der Waals surface area contributed by atoms with Gasteiger partial charge in [-0.25, -0.2) is 10.9 Å². The number of guanidine groups is 1. The molecule has 17 heteroatoms. The monoisotopic (exact) mass is 950 g/mol. The number of carbonyl (C=O) groups excluding carboxylic acids is 5. The van der Waals surface area contributed by atoms with Gasteiger partial charge in [-0.1, -0.05) is 89.9 Å². The van der Waals surface area contributed by atoms with Crippen molar-refractivity contribution >= 4 is 41.2 Å². The second-order valence-electron chi connectivity index (χ2n) is 18.9. The van der Waals surface area contributed by atoms with Gasteiger partial charge >= 0.3 is 0 Å². The Balaban J connectivity index is 1.76. The van der Waals surface area contributed by atoms with Gasteiger partial charge in [-0.2, -0.15) is 0 Å². The molecule has 380 valence electrons. The molecule has 8 atom stereocenters. The van der Waals surface area contributed by atoms with Crippen molar-refractivity contribution in [2.75, 3.05) is 67.9 Å². The largest absolute Gasteiger partial charge is 0.379 e. The smallest absolute Gasteiger partial charge is 0.247 e. The van der Waals surface area contributed by atoms with Crippen molar-refractivity contribution in [1.29, 1.82) is 0 Å². The highest BCUT2D eigenvalue weighted by Crippen LogP contribution is 2.30. The number of ether oxygens (including phenoxy) is 2. The number of unbranched alkanes of at least 4 members (excludes halogenated alkanes) is 2. The number of carbonyl (C=O) groups is 5. The fourth-order valence-electron chi connectivity index (χ4n) is 8.99. The van der Waals surface area contributed by atoms with Crippen LogP contribution in [0.5, 0.6) is 0 Å². The number of nitrogens with zero attached hydrogens (tertiary/aromatic N) is 5. The minimum absolute atomic E-state index is 0.00561. The Bertz CT molecular complexity index is 1890. The molecule has 0 radical (unpaired) electrons. The molecule has 17 nitrogen and oxygen atoms in total. The summed E-state index contributed by atoms with van der Waals surface area (Å²) < 4.78 is 12.2. The lowest BCUT2D eigenvalue weighted by Crippen LogP contribution is -2.55. The van der Waals surface area contributed by atoms with Gasteiger partial charge in [0.2, 0.25) is 29.5 Å². The summed E-state index contributed by atoms with van der Waals surface area (Å²) in [5, 5.41) is 8.90. The van der Waals surface area contributed by atoms with E-state index in [4.69, 9.17) is 20.4 Å². The van der Waals surface area contributed by atoms with E-state index in [0.29, 0.717) is 44.2 Å². The summed E-state index contributed by atoms with van der Waals surface area (Å²) in [6, 6.07) is 14.3. The van der Waals surface area contributed by atoms with Crippen molar-refractivity contribution in [3.63, 3.8) is 0 Å². The van der Waals surface area contributed by atoms with Gasteiger partial charge in [-0.3, -0.25) is 24.0 Å². The molecule has 1 fully saturated rings. The Morgan fingerprint density at radius 3 is 2.09 bits per heavy atom. The van der Waals surface area contributed by atoms with Crippen molar-refractivity contribution in [1.82, 2.24) is 30.2 Å². The van der Waals surface area contributed by atoms with Crippen molar-refractivity contribution in [2.24, 2.45) is 28.6 Å². The number of hydrogen-bond acceptors (Lipinski definition) is 10. The van der Waals surface area contributed by atoms with Gasteiger partial charge in [-0.15, -0.1) is 0 Å². The summed E-state index contributed by atoms with van der Waals surface area (Å²) in [6.07, 6.45) is 3.87. The van der Waals surface area contributed by atoms with Crippen LogP contribution in [-0.4, -0.2) is 154 Å². The number of nitrogens with two attached hydrogens (primary N) is 1. The highest BCUT2D eigenvalue weighted by Gasteiger charge is 2.43. The number of anilines is 1. The molecule has 0 spiro atoms. The number of likely N-dealkylation sites (tertiary alicyclic amines) is 1. The van der Waals surface area contributed by atoms with E-state index in [1.54, 1.807) is 50.1 Å². The molecule has 2 aromatic carbocycles. The number of amides is 5. The van der Waals surface area contributed by atoms with E-state index in [1.807, 2.05) is 94.3 Å². The van der Waals surface area contributed by atoms with E-state index in [1.165, 1.54) is 0 Å². The van der Waals surface area contributed by atoms with Crippen LogP contribution in [0.3, 0.4) is 0 Å². The molecule has 0 aromatic heterocycles. The Labute approximate surface area is 406 Å². The summed E-state index contributed by atoms with van der Waals surface area (Å²) in [4.78, 5) is 86.1. The number of hydrogen-bond donors (Lipinski definition) is 4. The molecule has 1 aliphatic heterocycles. The van der Waals surface area contributed by atoms with Crippen LogP contribution in [0.2, 0.25) is 0 Å². The quantitative estimate of drug-likeness (QED) is 0.0414. The summed E-state index contributed by atoms with van der Waals surface area (Å²) in [5.41, 5.74) is 2.28. The third-order valence-electron chi connectivity index (χ3n) is 13.0. The molecule has 5 N–H and O–H groups in total. The Morgan fingerprint density at radius 2 is 1.51 bits per heavy atom. The third kappa shape index (κ3) is 17.1. The zero-order chi connectivity index (χ0) is 50.5. The van der Waals surface area contributed by atoms with Crippen molar-refractivity contribution in [3.8, 4) is 0 Å². The molecule has 0 saturated carbocycles. The van der Waals surface area contributed by atoms with Crippen LogP contribution in [0.1, 0.15) is 97.1 Å². The zero-order valence-electron chi connectivity index (χ0n) is 43.0. The highest BCUT2D eigenvalue weighted by molar-refractivity contribution is 5.97. The molecule has 1 saturated heterocycles. The first-order chi connectivity index (χ1) is 32.4. The fraction of sp³-hybridized carbons (Fsp3) is 0.647. The standard InChI is InChI=1S/C51H83N9O8/c1-13-35(4)46(59(10)50(65)45(34(2)3)56-51(57(6)7)58(8)9)42(66-11)32-44(62)60-29-20-23-41(60)47(67-12)36(5)48(63)55-40(31-37-21-16-14-17-22-37)49(64)54-39-27-25-38(26-28-39)33-53-43(61)24-18-15-19-30-68-52/h14,16-17,21-22,25-28,34-36,40-42,45-47H,13,15,18-20,23-24,29-33,52H2,1-12H3,(H,53,61)(H,54,64)(H,55,63)/t35-,36+,40-,41-,42+,45-,46-,47+/m0/s1. The summed E-state index contributed by atoms with van der Waals surface area (Å²) in [5.74, 6) is 3.78. The second kappa shape index (κ2) is 29.0. The summed E-state index contributed by atoms with van der Waals surface area (Å²) in [6.45, 7) is 11.2. The molecule has 2 aromatic rings. The molecule has 3 rings (SSSR count). The normalized spacial score (nSPS) is 16.7. The highest BCUT2D eigenvalue weighted by atomic mass is 16.6. The Morgan fingerprint density at radius 1 is 0.853 bits per heavy atom. The van der Waals surface area contributed by atoms with Crippen molar-refractivity contribution in [2.45, 2.75) is 135 Å². The molecule has 0 unspecified atom stereocenters. The average molecular weight is 950 g/mol. The molecule has 1 aliphatic rings. The molecule has 1 heterocycles. The van der Waals surface area contributed by atoms with E-state index in [-0.39, 0.29) is 48.3 Å². The predicted molar refractivity (Wildman–Crippen MR) is 267 cm³/mol. The van der Waals surface area contributed by atoms with Gasteiger partial charge in [0.05, 0.1) is 43.2 Å². The molecule has 0 bridgehead atoms. The second-order valence-corrected chi connectivity index (χ2v) is 18.9. The number of aliphatic imine (C=N–C) groups is 1. The molecule has 5 amide bonds. The van der Waals surface area contributed by atoms with Crippen LogP contribution in [0.4, 0.5) is 5.69 Å². The number of likely N-dealkylation sites (N-methyl/N-ethyl adjacent to an activating group) is 1. The predicted octanol–water partition coefficient (Wildman–Crippen LogP) is 4.84. The first-order valence-corrected chi connectivity index (χ1v) is 24.2. The van der Waals surface area contributed by atoms with Crippen LogP contribution in [0.25, 0.3) is 0 Å². The SMILES string of the molecule is CC[C@H](C)[C@@H]([C@@H](CC(=O)N1CCC[C@H]1[C@H](OC)[C@@H](C)C(=O)N[C@@H](Cc1ccccc1)C(=O)Nc1ccc(CNC(=O)CCCCCON)cc1)OC)N(C)C(=O)[C@@H](N=C(N(C)C)N(C)C)C(C)C. The molecular formula is C51H83N9O8. The van der Waals surface area contributed by atoms with Crippen molar-refractivity contribution < 1.29 is 38.3 Å². The van der Waals surface area contributed by atoms with Crippen molar-refractivity contribution in [3.05, 3.63) is 65.7 Å².